The molecule has 0 aliphatic rings. The fourth-order valence-electron chi connectivity index (χ4n) is 3.49. The first-order chi connectivity index (χ1) is 17.3. The van der Waals surface area contributed by atoms with Crippen LogP contribution >= 0.6 is 0 Å². The minimum Gasteiger partial charge on any atom is -0.395 e. The highest BCUT2D eigenvalue weighted by Crippen LogP contribution is 2.50. The van der Waals surface area contributed by atoms with Gasteiger partial charge >= 0.3 is 0 Å². The van der Waals surface area contributed by atoms with E-state index < -0.39 is 0 Å². The number of nitrogens with two attached hydrogens (primary N) is 3. The van der Waals surface area contributed by atoms with E-state index in [-0.39, 0.29) is 34.1 Å². The Balaban J connectivity index is 1.84. The first-order valence-corrected chi connectivity index (χ1v) is 11.3. The molecule has 0 spiro atoms. The highest BCUT2D eigenvalue weighted by Gasteiger charge is 2.20. The van der Waals surface area contributed by atoms with Crippen molar-refractivity contribution in [3.8, 4) is 0 Å². The summed E-state index contributed by atoms with van der Waals surface area (Å²) in [6.45, 7) is 5.91. The van der Waals surface area contributed by atoms with Gasteiger partial charge in [0.1, 0.15) is 17.1 Å². The monoisotopic (exact) mass is 477 g/mol. The zero-order valence-corrected chi connectivity index (χ0v) is 20.3. The van der Waals surface area contributed by atoms with Gasteiger partial charge in [-0.1, -0.05) is 36.4 Å². The van der Waals surface area contributed by atoms with Crippen LogP contribution in [0, 0.1) is 20.8 Å². The highest BCUT2D eigenvalue weighted by atomic mass is 15.2. The molecule has 36 heavy (non-hydrogen) atoms. The van der Waals surface area contributed by atoms with E-state index in [0.717, 1.165) is 16.7 Å². The molecule has 0 fully saturated rings. The second-order valence-corrected chi connectivity index (χ2v) is 8.40. The van der Waals surface area contributed by atoms with Gasteiger partial charge in [-0.05, 0) is 73.9 Å². The molecule has 0 bridgehead atoms. The van der Waals surface area contributed by atoms with E-state index in [1.165, 1.54) is 0 Å². The van der Waals surface area contributed by atoms with Crippen LogP contribution in [0.25, 0.3) is 0 Å². The third kappa shape index (κ3) is 5.58. The molecule has 0 aliphatic heterocycles. The van der Waals surface area contributed by atoms with E-state index >= 15 is 0 Å². The van der Waals surface area contributed by atoms with Gasteiger partial charge in [0.25, 0.3) is 0 Å². The summed E-state index contributed by atoms with van der Waals surface area (Å²) in [5.41, 5.74) is 25.4. The van der Waals surface area contributed by atoms with Gasteiger partial charge < -0.3 is 17.2 Å². The Morgan fingerprint density at radius 3 is 0.944 bits per heavy atom. The largest absolute Gasteiger partial charge is 0.395 e. The molecule has 6 N–H and O–H groups in total. The maximum Gasteiger partial charge on any atom is 0.136 e. The average Bonchev–Trinajstić information content (AvgIpc) is 2.84. The Labute approximate surface area is 209 Å². The van der Waals surface area contributed by atoms with Gasteiger partial charge in [0.2, 0.25) is 0 Å². The van der Waals surface area contributed by atoms with Crippen molar-refractivity contribution in [2.75, 3.05) is 17.2 Å². The van der Waals surface area contributed by atoms with Crippen LogP contribution in [-0.4, -0.2) is 0 Å². The zero-order chi connectivity index (χ0) is 25.7. The maximum atomic E-state index is 6.43. The molecule has 4 aromatic rings. The predicted molar refractivity (Wildman–Crippen MR) is 146 cm³/mol. The number of azo groups is 3. The smallest absolute Gasteiger partial charge is 0.136 e. The van der Waals surface area contributed by atoms with Crippen LogP contribution in [0.15, 0.2) is 103 Å². The molecule has 4 rings (SSSR count). The van der Waals surface area contributed by atoms with Crippen LogP contribution in [0.3, 0.4) is 0 Å². The van der Waals surface area contributed by atoms with Crippen molar-refractivity contribution in [2.24, 2.45) is 30.7 Å². The van der Waals surface area contributed by atoms with Crippen molar-refractivity contribution >= 4 is 51.2 Å². The Kier molecular flexibility index (Phi) is 7.10. The van der Waals surface area contributed by atoms with Gasteiger partial charge in [-0.15, -0.1) is 15.3 Å². The van der Waals surface area contributed by atoms with E-state index in [9.17, 15) is 0 Å². The molecular weight excluding hydrogens is 450 g/mol. The van der Waals surface area contributed by atoms with Crippen molar-refractivity contribution in [1.29, 1.82) is 0 Å². The summed E-state index contributed by atoms with van der Waals surface area (Å²) in [7, 11) is 0. The number of hydrogen-bond acceptors (Lipinski definition) is 9. The van der Waals surface area contributed by atoms with E-state index in [4.69, 9.17) is 17.2 Å². The molecule has 0 amide bonds. The molecule has 0 radical (unpaired) electrons. The molecule has 9 heteroatoms. The molecule has 9 nitrogen and oxygen atoms in total. The topological polar surface area (TPSA) is 152 Å². The van der Waals surface area contributed by atoms with E-state index in [1.807, 2.05) is 93.6 Å². The first kappa shape index (κ1) is 24.2. The number of benzene rings is 4. The molecule has 180 valence electrons. The van der Waals surface area contributed by atoms with Gasteiger partial charge in [0.05, 0.1) is 34.1 Å². The van der Waals surface area contributed by atoms with E-state index in [1.54, 1.807) is 0 Å². The van der Waals surface area contributed by atoms with Crippen molar-refractivity contribution in [1.82, 2.24) is 0 Å². The SMILES string of the molecule is Cc1cccc(N=Nc2c(N)c(N=Nc3cccc(C)c3)c(N)c(N=Nc3cccc(C)c3)c2N)c1. The molecule has 0 saturated heterocycles. The van der Waals surface area contributed by atoms with Crippen LogP contribution in [0.4, 0.5) is 51.2 Å². The lowest BCUT2D eigenvalue weighted by Crippen LogP contribution is -1.98. The Bertz CT molecular complexity index is 1300. The second-order valence-electron chi connectivity index (χ2n) is 8.40. The van der Waals surface area contributed by atoms with Gasteiger partial charge in [0.15, 0.2) is 0 Å². The number of rotatable bonds is 6. The lowest BCUT2D eigenvalue weighted by atomic mass is 10.1. The summed E-state index contributed by atoms with van der Waals surface area (Å²) in [6, 6.07) is 22.8. The number of anilines is 3. The lowest BCUT2D eigenvalue weighted by molar-refractivity contribution is 1.18. The summed E-state index contributed by atoms with van der Waals surface area (Å²) in [5, 5.41) is 25.9. The van der Waals surface area contributed by atoms with E-state index in [2.05, 4.69) is 30.7 Å². The van der Waals surface area contributed by atoms with Gasteiger partial charge in [-0.25, -0.2) is 0 Å². The third-order valence-electron chi connectivity index (χ3n) is 5.33. The molecule has 0 heterocycles. The van der Waals surface area contributed by atoms with Crippen molar-refractivity contribution < 1.29 is 0 Å². The lowest BCUT2D eigenvalue weighted by Gasteiger charge is -2.12. The normalized spacial score (nSPS) is 11.8. The molecule has 0 aliphatic carbocycles. The number of nitrogen functional groups attached to an aromatic ring is 3. The third-order valence-corrected chi connectivity index (χ3v) is 5.33. The van der Waals surface area contributed by atoms with Crippen LogP contribution in [0.2, 0.25) is 0 Å². The van der Waals surface area contributed by atoms with Crippen LogP contribution < -0.4 is 17.2 Å². The van der Waals surface area contributed by atoms with Crippen molar-refractivity contribution in [3.05, 3.63) is 89.5 Å². The summed E-state index contributed by atoms with van der Waals surface area (Å²) in [4.78, 5) is 0. The summed E-state index contributed by atoms with van der Waals surface area (Å²) < 4.78 is 0. The minimum absolute atomic E-state index is 0.146. The van der Waals surface area contributed by atoms with Crippen LogP contribution in [-0.2, 0) is 0 Å². The van der Waals surface area contributed by atoms with Crippen LogP contribution in [0.5, 0.6) is 0 Å². The molecule has 0 aromatic heterocycles. The maximum absolute atomic E-state index is 6.43. The van der Waals surface area contributed by atoms with Crippen molar-refractivity contribution in [2.45, 2.75) is 20.8 Å². The molecule has 0 saturated carbocycles. The molecular formula is C27H27N9. The highest BCUT2D eigenvalue weighted by molar-refractivity contribution is 6.01. The van der Waals surface area contributed by atoms with Gasteiger partial charge in [-0.3, -0.25) is 0 Å². The fourth-order valence-corrected chi connectivity index (χ4v) is 3.49. The minimum atomic E-state index is 0.146. The van der Waals surface area contributed by atoms with Gasteiger partial charge in [0, 0.05) is 0 Å². The molecule has 0 atom stereocenters. The Morgan fingerprint density at radius 2 is 0.694 bits per heavy atom. The quantitative estimate of drug-likeness (QED) is 0.188. The Hall–Kier alpha value is -4.92. The van der Waals surface area contributed by atoms with Gasteiger partial charge in [-0.2, -0.15) is 15.3 Å². The standard InChI is InChI=1S/C27H27N9/c1-16-7-4-10-19(13-16)31-34-25-22(28)26(35-32-20-11-5-8-17(2)14-20)24(30)27(23(25)29)36-33-21-12-6-9-18(3)15-21/h4-15H,28-30H2,1-3H3. The zero-order valence-electron chi connectivity index (χ0n) is 20.3. The van der Waals surface area contributed by atoms with Crippen molar-refractivity contribution in [3.63, 3.8) is 0 Å². The first-order valence-electron chi connectivity index (χ1n) is 11.3. The molecule has 0 unspecified atom stereocenters. The van der Waals surface area contributed by atoms with Crippen LogP contribution in [0.1, 0.15) is 16.7 Å². The predicted octanol–water partition coefficient (Wildman–Crippen LogP) is 8.60. The molecule has 4 aromatic carbocycles. The summed E-state index contributed by atoms with van der Waals surface area (Å²) >= 11 is 0. The Morgan fingerprint density at radius 1 is 0.417 bits per heavy atom. The number of aryl methyl sites for hydroxylation is 3. The second kappa shape index (κ2) is 10.6. The van der Waals surface area contributed by atoms with E-state index in [0.29, 0.717) is 17.1 Å². The number of nitrogens with zero attached hydrogens (tertiary/aromatic N) is 6. The summed E-state index contributed by atoms with van der Waals surface area (Å²) in [5.74, 6) is 0. The number of hydrogen-bond donors (Lipinski definition) is 3. The fraction of sp³-hybridized carbons (Fsp3) is 0.111. The summed E-state index contributed by atoms with van der Waals surface area (Å²) in [6.07, 6.45) is 0. The average molecular weight is 478 g/mol.